The number of fused-ring (bicyclic) bond motifs is 1. The predicted octanol–water partition coefficient (Wildman–Crippen LogP) is 3.76. The highest BCUT2D eigenvalue weighted by Crippen LogP contribution is 2.29. The Hall–Kier alpha value is -2.94. The molecule has 9 heteroatoms. The lowest BCUT2D eigenvalue weighted by atomic mass is 9.94. The largest absolute Gasteiger partial charge is 0.348 e. The van der Waals surface area contributed by atoms with Gasteiger partial charge in [-0.15, -0.1) is 11.3 Å². The van der Waals surface area contributed by atoms with Crippen LogP contribution in [0, 0.1) is 18.7 Å². The Morgan fingerprint density at radius 3 is 2.77 bits per heavy atom. The van der Waals surface area contributed by atoms with E-state index in [-0.39, 0.29) is 35.4 Å². The van der Waals surface area contributed by atoms with Crippen LogP contribution >= 0.6 is 11.3 Å². The van der Waals surface area contributed by atoms with Crippen LogP contribution < -0.4 is 5.32 Å². The first-order valence-electron chi connectivity index (χ1n) is 9.76. The molecule has 0 radical (unpaired) electrons. The van der Waals surface area contributed by atoms with Gasteiger partial charge >= 0.3 is 0 Å². The summed E-state index contributed by atoms with van der Waals surface area (Å²) < 4.78 is 14.2. The minimum atomic E-state index is -0.318. The summed E-state index contributed by atoms with van der Waals surface area (Å²) in [5.41, 5.74) is 1.52. The maximum atomic E-state index is 13.6. The first-order valence-corrected chi connectivity index (χ1v) is 10.6. The van der Waals surface area contributed by atoms with Gasteiger partial charge in [-0.05, 0) is 38.5 Å². The summed E-state index contributed by atoms with van der Waals surface area (Å²) in [6, 6.07) is 6.04. The second kappa shape index (κ2) is 8.06. The van der Waals surface area contributed by atoms with E-state index in [0.717, 1.165) is 10.6 Å². The molecule has 3 aromatic rings. The zero-order valence-electron chi connectivity index (χ0n) is 17.0. The molecule has 7 nitrogen and oxygen atoms in total. The lowest BCUT2D eigenvalue weighted by molar-refractivity contribution is -0.118. The topological polar surface area (TPSA) is 88.1 Å². The van der Waals surface area contributed by atoms with E-state index in [2.05, 4.69) is 20.3 Å². The molecule has 4 rings (SSSR count). The van der Waals surface area contributed by atoms with E-state index >= 15 is 0 Å². The van der Waals surface area contributed by atoms with Gasteiger partial charge in [-0.1, -0.05) is 12.1 Å². The van der Waals surface area contributed by atoms with Crippen molar-refractivity contribution in [1.82, 2.24) is 19.9 Å². The van der Waals surface area contributed by atoms with Crippen molar-refractivity contribution < 1.29 is 14.0 Å². The summed E-state index contributed by atoms with van der Waals surface area (Å²) in [5.74, 6) is 0.104. The predicted molar refractivity (Wildman–Crippen MR) is 113 cm³/mol. The highest BCUT2D eigenvalue weighted by molar-refractivity contribution is 7.18. The molecule has 0 aliphatic carbocycles. The zero-order valence-corrected chi connectivity index (χ0v) is 17.8. The molecule has 1 saturated heterocycles. The number of thiazole rings is 1. The average molecular weight is 428 g/mol. The highest BCUT2D eigenvalue weighted by Gasteiger charge is 2.34. The summed E-state index contributed by atoms with van der Waals surface area (Å²) in [7, 11) is 0. The number of Topliss-reactive ketones (excluding diaryl/α,β-unsaturated/α-hetero) is 1. The van der Waals surface area contributed by atoms with Crippen LogP contribution in [0.4, 0.5) is 10.3 Å². The Morgan fingerprint density at radius 1 is 1.30 bits per heavy atom. The molecule has 0 spiro atoms. The number of hydrogen-bond donors (Lipinski definition) is 1. The Bertz CT molecular complexity index is 1130. The molecule has 2 aromatic heterocycles. The van der Waals surface area contributed by atoms with Crippen LogP contribution in [-0.2, 0) is 4.79 Å². The summed E-state index contributed by atoms with van der Waals surface area (Å²) >= 11 is 1.38. The van der Waals surface area contributed by atoms with E-state index in [1.165, 1.54) is 23.5 Å². The third-order valence-corrected chi connectivity index (χ3v) is 6.04. The van der Waals surface area contributed by atoms with Gasteiger partial charge in [0.25, 0.3) is 5.91 Å². The van der Waals surface area contributed by atoms with E-state index in [9.17, 15) is 14.0 Å². The fourth-order valence-corrected chi connectivity index (χ4v) is 4.45. The third kappa shape index (κ3) is 4.16. The van der Waals surface area contributed by atoms with Crippen LogP contribution in [0.1, 0.15) is 47.4 Å². The van der Waals surface area contributed by atoms with Crippen LogP contribution in [0.25, 0.3) is 10.3 Å². The number of nitrogens with one attached hydrogen (secondary N) is 1. The molecular weight excluding hydrogens is 405 g/mol. The van der Waals surface area contributed by atoms with Crippen molar-refractivity contribution in [2.45, 2.75) is 33.2 Å². The number of carbonyl (C=O) groups is 2. The maximum Gasteiger partial charge on any atom is 0.274 e. The van der Waals surface area contributed by atoms with Crippen molar-refractivity contribution in [1.29, 1.82) is 0 Å². The molecule has 1 aliphatic rings. The number of anilines is 1. The van der Waals surface area contributed by atoms with Crippen molar-refractivity contribution in [2.24, 2.45) is 5.92 Å². The number of likely N-dealkylation sites (tertiary alicyclic amines) is 1. The lowest BCUT2D eigenvalue weighted by Crippen LogP contribution is -2.50. The Kier molecular flexibility index (Phi) is 5.46. The van der Waals surface area contributed by atoms with Crippen molar-refractivity contribution in [3.05, 3.63) is 46.3 Å². The molecule has 156 valence electrons. The van der Waals surface area contributed by atoms with Crippen LogP contribution in [0.15, 0.2) is 24.3 Å². The van der Waals surface area contributed by atoms with Crippen molar-refractivity contribution >= 4 is 39.3 Å². The van der Waals surface area contributed by atoms with Crippen LogP contribution in [0.5, 0.6) is 0 Å². The summed E-state index contributed by atoms with van der Waals surface area (Å²) in [4.78, 5) is 39.4. The lowest BCUT2D eigenvalue weighted by Gasteiger charge is -2.38. The van der Waals surface area contributed by atoms with Gasteiger partial charge in [0.15, 0.2) is 11.3 Å². The quantitative estimate of drug-likeness (QED) is 0.644. The van der Waals surface area contributed by atoms with Gasteiger partial charge in [-0.2, -0.15) is 4.98 Å². The van der Waals surface area contributed by atoms with Gasteiger partial charge in [0, 0.05) is 25.4 Å². The molecule has 1 amide bonds. The molecule has 1 aliphatic heterocycles. The first kappa shape index (κ1) is 20.3. The monoisotopic (exact) mass is 427 g/mol. The van der Waals surface area contributed by atoms with Gasteiger partial charge in [-0.3, -0.25) is 4.79 Å². The molecule has 0 bridgehead atoms. The van der Waals surface area contributed by atoms with E-state index in [4.69, 9.17) is 0 Å². The number of ketones is 1. The van der Waals surface area contributed by atoms with E-state index in [1.807, 2.05) is 19.9 Å². The van der Waals surface area contributed by atoms with Crippen LogP contribution in [0.3, 0.4) is 0 Å². The smallest absolute Gasteiger partial charge is 0.274 e. The van der Waals surface area contributed by atoms with Gasteiger partial charge in [0.2, 0.25) is 5.95 Å². The zero-order chi connectivity index (χ0) is 21.4. The second-order valence-corrected chi connectivity index (χ2v) is 8.89. The molecule has 0 saturated carbocycles. The second-order valence-electron chi connectivity index (χ2n) is 7.68. The number of amides is 1. The number of hydrogen-bond acceptors (Lipinski definition) is 7. The number of halogens is 1. The first-order chi connectivity index (χ1) is 14.3. The van der Waals surface area contributed by atoms with Crippen LogP contribution in [0.2, 0.25) is 0 Å². The molecule has 3 heterocycles. The minimum absolute atomic E-state index is 0.132. The molecule has 1 aromatic carbocycles. The molecule has 0 unspecified atom stereocenters. The van der Waals surface area contributed by atoms with Crippen molar-refractivity contribution in [3.63, 3.8) is 0 Å². The molecule has 30 heavy (non-hydrogen) atoms. The number of carbonyl (C=O) groups excluding carboxylic acids is 2. The SMILES string of the molecule is CC(=O)CC1CN(C(=O)c2nc(N[C@@H](C)c3cccc(F)c3)nc3nc(C)sc23)C1. The summed E-state index contributed by atoms with van der Waals surface area (Å²) in [6.07, 6.45) is 0.487. The van der Waals surface area contributed by atoms with Crippen molar-refractivity contribution in [2.75, 3.05) is 18.4 Å². The van der Waals surface area contributed by atoms with E-state index < -0.39 is 0 Å². The molecule has 1 atom stereocenters. The number of rotatable bonds is 6. The molecular formula is C21H22FN5O2S. The van der Waals surface area contributed by atoms with Gasteiger partial charge in [-0.25, -0.2) is 14.4 Å². The Balaban J connectivity index is 1.60. The summed E-state index contributed by atoms with van der Waals surface area (Å²) in [6.45, 7) is 6.39. The van der Waals surface area contributed by atoms with Crippen molar-refractivity contribution in [3.8, 4) is 0 Å². The van der Waals surface area contributed by atoms with Gasteiger partial charge in [0.1, 0.15) is 16.3 Å². The highest BCUT2D eigenvalue weighted by atomic mass is 32.1. The summed E-state index contributed by atoms with van der Waals surface area (Å²) in [5, 5.41) is 3.95. The Labute approximate surface area is 177 Å². The van der Waals surface area contributed by atoms with E-state index in [0.29, 0.717) is 35.6 Å². The fourth-order valence-electron chi connectivity index (χ4n) is 3.61. The average Bonchev–Trinajstić information content (AvgIpc) is 3.03. The third-order valence-electron chi connectivity index (χ3n) is 5.08. The minimum Gasteiger partial charge on any atom is -0.348 e. The molecule has 1 fully saturated rings. The van der Waals surface area contributed by atoms with Crippen LogP contribution in [-0.4, -0.2) is 44.6 Å². The maximum absolute atomic E-state index is 13.6. The van der Waals surface area contributed by atoms with Gasteiger partial charge in [0.05, 0.1) is 11.0 Å². The van der Waals surface area contributed by atoms with Gasteiger partial charge < -0.3 is 15.0 Å². The number of nitrogens with zero attached hydrogens (tertiary/aromatic N) is 4. The fraction of sp³-hybridized carbons (Fsp3) is 0.381. The number of aromatic nitrogens is 3. The van der Waals surface area contributed by atoms with E-state index in [1.54, 1.807) is 17.9 Å². The standard InChI is InChI=1S/C21H22FN5O2S/c1-11(28)7-14-9-27(10-14)20(29)17-18-19(24-13(3)30-18)26-21(25-17)23-12(2)15-5-4-6-16(22)8-15/h4-6,8,12,14H,7,9-10H2,1-3H3,(H,23,25,26)/t12-/m0/s1. The molecule has 1 N–H and O–H groups in total. The normalized spacial score (nSPS) is 15.1. The number of aryl methyl sites for hydroxylation is 1. The Morgan fingerprint density at radius 2 is 2.07 bits per heavy atom. The number of benzene rings is 1.